The second kappa shape index (κ2) is 8.91. The van der Waals surface area contributed by atoms with E-state index in [9.17, 15) is 9.59 Å². The van der Waals surface area contributed by atoms with Crippen LogP contribution in [-0.4, -0.2) is 31.7 Å². The maximum absolute atomic E-state index is 12.6. The third-order valence-corrected chi connectivity index (χ3v) is 5.40. The lowest BCUT2D eigenvalue weighted by Gasteiger charge is -2.13. The van der Waals surface area contributed by atoms with Crippen molar-refractivity contribution >= 4 is 29.1 Å². The Balaban J connectivity index is 1.77. The first-order valence-electron chi connectivity index (χ1n) is 9.07. The van der Waals surface area contributed by atoms with Gasteiger partial charge in [0, 0.05) is 17.8 Å². The Kier molecular flexibility index (Phi) is 6.33. The summed E-state index contributed by atoms with van der Waals surface area (Å²) in [5.74, 6) is 1.17. The molecule has 0 radical (unpaired) electrons. The summed E-state index contributed by atoms with van der Waals surface area (Å²) >= 11 is 1.30. The third kappa shape index (κ3) is 4.65. The topological polar surface area (TPSA) is 90.0 Å². The number of amides is 1. The number of carbonyl (C=O) groups excluding carboxylic acids is 2. The average molecular weight is 410 g/mol. The number of hydrogen-bond donors (Lipinski definition) is 1. The van der Waals surface area contributed by atoms with E-state index in [1.165, 1.54) is 18.7 Å². The Morgan fingerprint density at radius 1 is 1.34 bits per heavy atom. The number of ketones is 1. The Bertz CT molecular complexity index is 1050. The van der Waals surface area contributed by atoms with Gasteiger partial charge < -0.3 is 9.73 Å². The molecule has 3 rings (SSSR count). The molecule has 1 N–H and O–H groups in total. The number of carbonyl (C=O) groups is 2. The number of nitrogens with one attached hydrogen (secondary N) is 1. The number of thioether (sulfide) groups is 1. The van der Waals surface area contributed by atoms with Gasteiger partial charge in [0.15, 0.2) is 16.8 Å². The number of aryl methyl sites for hydroxylation is 1. The van der Waals surface area contributed by atoms with Gasteiger partial charge in [0.2, 0.25) is 5.91 Å². The molecular formula is C21H22N4O3S. The van der Waals surface area contributed by atoms with Gasteiger partial charge in [-0.05, 0) is 39.0 Å². The molecule has 0 spiro atoms. The Labute approximate surface area is 173 Å². The minimum Gasteiger partial charge on any atom is -0.469 e. The zero-order valence-electron chi connectivity index (χ0n) is 16.5. The SMILES string of the molecule is C=CCn1c(S[C@H](C)C(=O)Nc2cccc(C(C)=O)c2)nnc1-c1ccoc1C. The van der Waals surface area contributed by atoms with Crippen LogP contribution >= 0.6 is 11.8 Å². The largest absolute Gasteiger partial charge is 0.469 e. The fraction of sp³-hybridized carbons (Fsp3) is 0.238. The smallest absolute Gasteiger partial charge is 0.237 e. The number of anilines is 1. The quantitative estimate of drug-likeness (QED) is 0.337. The number of furan rings is 1. The highest BCUT2D eigenvalue weighted by molar-refractivity contribution is 8.00. The molecule has 2 aromatic heterocycles. The Morgan fingerprint density at radius 3 is 2.79 bits per heavy atom. The molecule has 0 aliphatic heterocycles. The molecule has 2 heterocycles. The molecule has 1 atom stereocenters. The minimum absolute atomic E-state index is 0.0527. The molecule has 29 heavy (non-hydrogen) atoms. The van der Waals surface area contributed by atoms with E-state index in [-0.39, 0.29) is 11.7 Å². The van der Waals surface area contributed by atoms with Crippen LogP contribution in [0.15, 0.2) is 58.8 Å². The molecule has 0 unspecified atom stereocenters. The number of allylic oxidation sites excluding steroid dienone is 1. The van der Waals surface area contributed by atoms with Crippen molar-refractivity contribution in [3.05, 3.63) is 60.6 Å². The predicted octanol–water partition coefficient (Wildman–Crippen LogP) is 4.35. The molecule has 0 saturated carbocycles. The lowest BCUT2D eigenvalue weighted by Crippen LogP contribution is -2.23. The molecule has 0 fully saturated rings. The first kappa shape index (κ1) is 20.6. The zero-order chi connectivity index (χ0) is 21.0. The van der Waals surface area contributed by atoms with E-state index in [0.717, 1.165) is 11.3 Å². The van der Waals surface area contributed by atoms with Crippen molar-refractivity contribution in [2.75, 3.05) is 5.32 Å². The van der Waals surface area contributed by atoms with Gasteiger partial charge in [0.1, 0.15) is 5.76 Å². The third-order valence-electron chi connectivity index (χ3n) is 4.32. The van der Waals surface area contributed by atoms with E-state index >= 15 is 0 Å². The summed E-state index contributed by atoms with van der Waals surface area (Å²) in [6.45, 7) is 9.45. The van der Waals surface area contributed by atoms with Crippen LogP contribution in [0.3, 0.4) is 0 Å². The second-order valence-electron chi connectivity index (χ2n) is 6.48. The summed E-state index contributed by atoms with van der Waals surface area (Å²) in [4.78, 5) is 24.2. The van der Waals surface area contributed by atoms with Crippen molar-refractivity contribution in [1.29, 1.82) is 0 Å². The number of rotatable bonds is 8. The fourth-order valence-electron chi connectivity index (χ4n) is 2.76. The number of aromatic nitrogens is 3. The van der Waals surface area contributed by atoms with Crippen molar-refractivity contribution < 1.29 is 14.0 Å². The molecule has 0 bridgehead atoms. The molecule has 3 aromatic rings. The van der Waals surface area contributed by atoms with Crippen molar-refractivity contribution in [1.82, 2.24) is 14.8 Å². The second-order valence-corrected chi connectivity index (χ2v) is 7.79. The molecule has 0 aliphatic carbocycles. The van der Waals surface area contributed by atoms with Gasteiger partial charge in [-0.2, -0.15) is 0 Å². The molecule has 0 saturated heterocycles. The van der Waals surface area contributed by atoms with E-state index < -0.39 is 5.25 Å². The molecule has 1 amide bonds. The van der Waals surface area contributed by atoms with Crippen LogP contribution in [0, 0.1) is 6.92 Å². The van der Waals surface area contributed by atoms with Gasteiger partial charge in [0.05, 0.1) is 17.1 Å². The fourth-order valence-corrected chi connectivity index (χ4v) is 3.62. The minimum atomic E-state index is -0.429. The normalized spacial score (nSPS) is 11.8. The molecular weight excluding hydrogens is 388 g/mol. The predicted molar refractivity (Wildman–Crippen MR) is 113 cm³/mol. The monoisotopic (exact) mass is 410 g/mol. The van der Waals surface area contributed by atoms with E-state index in [2.05, 4.69) is 22.1 Å². The van der Waals surface area contributed by atoms with Crippen molar-refractivity contribution in [2.24, 2.45) is 0 Å². The molecule has 0 aliphatic rings. The van der Waals surface area contributed by atoms with Gasteiger partial charge in [-0.25, -0.2) is 0 Å². The zero-order valence-corrected chi connectivity index (χ0v) is 17.3. The molecule has 8 heteroatoms. The molecule has 150 valence electrons. The highest BCUT2D eigenvalue weighted by Crippen LogP contribution is 2.29. The number of nitrogens with zero attached hydrogens (tertiary/aromatic N) is 3. The van der Waals surface area contributed by atoms with Gasteiger partial charge in [-0.3, -0.25) is 14.2 Å². The van der Waals surface area contributed by atoms with Crippen LogP contribution in [0.1, 0.15) is 30.0 Å². The highest BCUT2D eigenvalue weighted by atomic mass is 32.2. The average Bonchev–Trinajstić information content (AvgIpc) is 3.28. The Hall–Kier alpha value is -3.13. The summed E-state index contributed by atoms with van der Waals surface area (Å²) in [5.41, 5.74) is 1.98. The van der Waals surface area contributed by atoms with E-state index in [0.29, 0.717) is 28.8 Å². The van der Waals surface area contributed by atoms with Crippen LogP contribution in [0.4, 0.5) is 5.69 Å². The first-order chi connectivity index (χ1) is 13.9. The number of benzene rings is 1. The lowest BCUT2D eigenvalue weighted by molar-refractivity contribution is -0.115. The first-order valence-corrected chi connectivity index (χ1v) is 9.95. The van der Waals surface area contributed by atoms with Gasteiger partial charge in [0.25, 0.3) is 0 Å². The van der Waals surface area contributed by atoms with Gasteiger partial charge >= 0.3 is 0 Å². The van der Waals surface area contributed by atoms with Gasteiger partial charge in [-0.1, -0.05) is 30.0 Å². The van der Waals surface area contributed by atoms with Crippen LogP contribution < -0.4 is 5.32 Å². The van der Waals surface area contributed by atoms with Crippen LogP contribution in [0.5, 0.6) is 0 Å². The summed E-state index contributed by atoms with van der Waals surface area (Å²) in [6, 6.07) is 8.71. The van der Waals surface area contributed by atoms with Crippen LogP contribution in [0.25, 0.3) is 11.4 Å². The van der Waals surface area contributed by atoms with Crippen molar-refractivity contribution in [3.8, 4) is 11.4 Å². The Morgan fingerprint density at radius 2 is 2.14 bits per heavy atom. The maximum Gasteiger partial charge on any atom is 0.237 e. The van der Waals surface area contributed by atoms with E-state index in [4.69, 9.17) is 4.42 Å². The summed E-state index contributed by atoms with van der Waals surface area (Å²) in [6.07, 6.45) is 3.36. The summed E-state index contributed by atoms with van der Waals surface area (Å²) in [5, 5.41) is 11.6. The number of hydrogen-bond acceptors (Lipinski definition) is 6. The van der Waals surface area contributed by atoms with Gasteiger partial charge in [-0.15, -0.1) is 16.8 Å². The van der Waals surface area contributed by atoms with Crippen LogP contribution in [-0.2, 0) is 11.3 Å². The van der Waals surface area contributed by atoms with E-state index in [1.807, 2.05) is 17.6 Å². The van der Waals surface area contributed by atoms with Crippen LogP contribution in [0.2, 0.25) is 0 Å². The molecule has 7 nitrogen and oxygen atoms in total. The highest BCUT2D eigenvalue weighted by Gasteiger charge is 2.22. The maximum atomic E-state index is 12.6. The van der Waals surface area contributed by atoms with E-state index in [1.54, 1.807) is 43.5 Å². The standard InChI is InChI=1S/C21H22N4O3S/c1-5-10-25-19(18-9-11-28-14(18)3)23-24-21(25)29-15(4)20(27)22-17-8-6-7-16(12-17)13(2)26/h5-9,11-12,15H,1,10H2,2-4H3,(H,22,27)/t15-/m1/s1. The molecule has 1 aromatic carbocycles. The lowest BCUT2D eigenvalue weighted by atomic mass is 10.1. The summed E-state index contributed by atoms with van der Waals surface area (Å²) in [7, 11) is 0. The van der Waals surface area contributed by atoms with Crippen molar-refractivity contribution in [2.45, 2.75) is 37.7 Å². The summed E-state index contributed by atoms with van der Waals surface area (Å²) < 4.78 is 7.27. The number of Topliss-reactive ketones (excluding diaryl/α,β-unsaturated/α-hetero) is 1. The van der Waals surface area contributed by atoms with Crippen molar-refractivity contribution in [3.63, 3.8) is 0 Å².